The molecule has 102 valence electrons. The second kappa shape index (κ2) is 10.8. The topological polar surface area (TPSA) is 27.3 Å². The first-order valence-electron chi connectivity index (χ1n) is 6.35. The van der Waals surface area contributed by atoms with Crippen molar-refractivity contribution in [3.05, 3.63) is 49.4 Å². The van der Waals surface area contributed by atoms with Gasteiger partial charge in [-0.05, 0) is 33.0 Å². The molecular formula is C15H27N3. The molecule has 0 aromatic rings. The van der Waals surface area contributed by atoms with Gasteiger partial charge in [-0.3, -0.25) is 0 Å². The summed E-state index contributed by atoms with van der Waals surface area (Å²) in [7, 11) is 4.02. The molecule has 0 aliphatic rings. The van der Waals surface area contributed by atoms with Gasteiger partial charge in [0.05, 0.1) is 0 Å². The molecule has 0 saturated heterocycles. The van der Waals surface area contributed by atoms with Gasteiger partial charge in [0.1, 0.15) is 0 Å². The van der Waals surface area contributed by atoms with E-state index in [1.54, 1.807) is 0 Å². The van der Waals surface area contributed by atoms with E-state index in [0.29, 0.717) is 0 Å². The Bertz CT molecular complexity index is 292. The molecule has 18 heavy (non-hydrogen) atoms. The van der Waals surface area contributed by atoms with E-state index in [1.165, 1.54) is 0 Å². The lowest BCUT2D eigenvalue weighted by molar-refractivity contribution is 0.378. The molecule has 3 nitrogen and oxygen atoms in total. The van der Waals surface area contributed by atoms with Gasteiger partial charge in [0, 0.05) is 31.0 Å². The molecule has 0 aromatic heterocycles. The molecule has 0 aliphatic carbocycles. The Balaban J connectivity index is 4.03. The minimum Gasteiger partial charge on any atom is -0.360 e. The number of allylic oxidation sites excluding steroid dienone is 1. The summed E-state index contributed by atoms with van der Waals surface area (Å²) in [5.74, 6) is 0. The molecule has 0 rings (SSSR count). The van der Waals surface area contributed by atoms with Crippen LogP contribution in [0.1, 0.15) is 12.8 Å². The zero-order valence-electron chi connectivity index (χ0n) is 11.8. The largest absolute Gasteiger partial charge is 0.360 e. The van der Waals surface area contributed by atoms with Gasteiger partial charge in [-0.15, -0.1) is 6.58 Å². The van der Waals surface area contributed by atoms with Crippen molar-refractivity contribution in [2.75, 3.05) is 33.7 Å². The quantitative estimate of drug-likeness (QED) is 0.434. The number of rotatable bonds is 11. The number of likely N-dealkylation sites (N-methyl/N-ethyl adjacent to an activating group) is 1. The van der Waals surface area contributed by atoms with Crippen LogP contribution in [-0.4, -0.2) is 38.6 Å². The molecule has 0 fully saturated rings. The van der Waals surface area contributed by atoms with E-state index in [4.69, 9.17) is 0 Å². The highest BCUT2D eigenvalue weighted by Crippen LogP contribution is 2.01. The van der Waals surface area contributed by atoms with Crippen LogP contribution in [0.4, 0.5) is 0 Å². The van der Waals surface area contributed by atoms with Gasteiger partial charge in [-0.1, -0.05) is 25.3 Å². The van der Waals surface area contributed by atoms with Crippen LogP contribution >= 0.6 is 0 Å². The second-order valence-corrected chi connectivity index (χ2v) is 4.29. The van der Waals surface area contributed by atoms with Crippen LogP contribution in [0, 0.1) is 0 Å². The molecule has 0 saturated carbocycles. The average molecular weight is 249 g/mol. The van der Waals surface area contributed by atoms with Gasteiger partial charge >= 0.3 is 0 Å². The maximum absolute atomic E-state index is 3.99. The van der Waals surface area contributed by atoms with Gasteiger partial charge < -0.3 is 15.5 Å². The highest BCUT2D eigenvalue weighted by Gasteiger charge is 1.97. The number of nitrogens with one attached hydrogen (secondary N) is 2. The fourth-order valence-corrected chi connectivity index (χ4v) is 1.48. The maximum Gasteiger partial charge on any atom is 0.0335 e. The maximum atomic E-state index is 3.99. The zero-order valence-corrected chi connectivity index (χ0v) is 11.8. The van der Waals surface area contributed by atoms with Crippen molar-refractivity contribution in [1.29, 1.82) is 0 Å². The summed E-state index contributed by atoms with van der Waals surface area (Å²) < 4.78 is 0. The van der Waals surface area contributed by atoms with Crippen molar-refractivity contribution in [1.82, 2.24) is 15.5 Å². The van der Waals surface area contributed by atoms with Crippen LogP contribution in [0.25, 0.3) is 0 Å². The summed E-state index contributed by atoms with van der Waals surface area (Å²) in [6.45, 7) is 14.4. The van der Waals surface area contributed by atoms with E-state index >= 15 is 0 Å². The normalized spacial score (nSPS) is 11.4. The van der Waals surface area contributed by atoms with Gasteiger partial charge in [0.25, 0.3) is 0 Å². The average Bonchev–Trinajstić information content (AvgIpc) is 2.35. The van der Waals surface area contributed by atoms with Crippen molar-refractivity contribution in [3.8, 4) is 0 Å². The molecular weight excluding hydrogens is 222 g/mol. The third kappa shape index (κ3) is 8.79. The summed E-state index contributed by atoms with van der Waals surface area (Å²) >= 11 is 0. The number of nitrogens with zero attached hydrogens (tertiary/aromatic N) is 1. The minimum atomic E-state index is 0.915. The molecule has 2 N–H and O–H groups in total. The van der Waals surface area contributed by atoms with Crippen molar-refractivity contribution >= 4 is 0 Å². The molecule has 3 heteroatoms. The smallest absolute Gasteiger partial charge is 0.0335 e. The molecule has 0 spiro atoms. The van der Waals surface area contributed by atoms with Crippen LogP contribution in [0.2, 0.25) is 0 Å². The first-order chi connectivity index (χ1) is 8.63. The van der Waals surface area contributed by atoms with Crippen LogP contribution < -0.4 is 10.6 Å². The Morgan fingerprint density at radius 3 is 2.61 bits per heavy atom. The number of hydrogen-bond donors (Lipinski definition) is 2. The predicted molar refractivity (Wildman–Crippen MR) is 81.4 cm³/mol. The second-order valence-electron chi connectivity index (χ2n) is 4.29. The predicted octanol–water partition coefficient (Wildman–Crippen LogP) is 2.28. The highest BCUT2D eigenvalue weighted by atomic mass is 15.1. The van der Waals surface area contributed by atoms with E-state index < -0.39 is 0 Å². The van der Waals surface area contributed by atoms with Crippen LogP contribution in [0.3, 0.4) is 0 Å². The molecule has 0 unspecified atom stereocenters. The van der Waals surface area contributed by atoms with Crippen molar-refractivity contribution in [2.45, 2.75) is 12.8 Å². The van der Waals surface area contributed by atoms with Crippen LogP contribution in [-0.2, 0) is 0 Å². The van der Waals surface area contributed by atoms with Crippen molar-refractivity contribution in [3.63, 3.8) is 0 Å². The van der Waals surface area contributed by atoms with E-state index in [9.17, 15) is 0 Å². The summed E-state index contributed by atoms with van der Waals surface area (Å²) in [6.07, 6.45) is 7.79. The Hall–Kier alpha value is -1.32. The molecule has 0 aliphatic heterocycles. The summed E-state index contributed by atoms with van der Waals surface area (Å²) in [5, 5.41) is 6.38. The molecule has 0 bridgehead atoms. The Morgan fingerprint density at radius 1 is 1.33 bits per heavy atom. The van der Waals surface area contributed by atoms with Gasteiger partial charge in [-0.25, -0.2) is 0 Å². The van der Waals surface area contributed by atoms with E-state index in [0.717, 1.165) is 43.9 Å². The minimum absolute atomic E-state index is 0.915. The molecule has 0 heterocycles. The van der Waals surface area contributed by atoms with Gasteiger partial charge in [0.15, 0.2) is 0 Å². The van der Waals surface area contributed by atoms with E-state index in [1.807, 2.05) is 19.2 Å². The van der Waals surface area contributed by atoms with E-state index in [2.05, 4.69) is 48.4 Å². The highest BCUT2D eigenvalue weighted by molar-refractivity contribution is 5.19. The molecule has 0 amide bonds. The lowest BCUT2D eigenvalue weighted by Crippen LogP contribution is -2.19. The fourth-order valence-electron chi connectivity index (χ4n) is 1.48. The number of hydrogen-bond acceptors (Lipinski definition) is 3. The fraction of sp³-hybridized carbons (Fsp3) is 0.467. The lowest BCUT2D eigenvalue weighted by atomic mass is 10.2. The summed E-state index contributed by atoms with van der Waals surface area (Å²) in [5.41, 5.74) is 2.04. The SMILES string of the molecule is C=CCN(C)CC/C=C(/C=C)NC(=C)CCNC. The standard InChI is InChI=1S/C15H27N3/c1-6-12-18(5)13-8-9-15(7-2)17-14(3)10-11-16-4/h6-7,9,16-17H,1-3,8,10-13H2,4-5H3/b15-9-. The van der Waals surface area contributed by atoms with Crippen molar-refractivity contribution < 1.29 is 0 Å². The zero-order chi connectivity index (χ0) is 13.8. The lowest BCUT2D eigenvalue weighted by Gasteiger charge is -2.14. The molecule has 0 radical (unpaired) electrons. The van der Waals surface area contributed by atoms with Gasteiger partial charge in [-0.2, -0.15) is 0 Å². The van der Waals surface area contributed by atoms with Crippen molar-refractivity contribution in [2.24, 2.45) is 0 Å². The van der Waals surface area contributed by atoms with Crippen LogP contribution in [0.15, 0.2) is 49.4 Å². The van der Waals surface area contributed by atoms with E-state index in [-0.39, 0.29) is 0 Å². The summed E-state index contributed by atoms with van der Waals surface area (Å²) in [4.78, 5) is 2.22. The monoisotopic (exact) mass is 249 g/mol. The first kappa shape index (κ1) is 16.7. The first-order valence-corrected chi connectivity index (χ1v) is 6.35. The Kier molecular flexibility index (Phi) is 10.0. The molecule has 0 aromatic carbocycles. The summed E-state index contributed by atoms with van der Waals surface area (Å²) in [6, 6.07) is 0. The Morgan fingerprint density at radius 2 is 2.06 bits per heavy atom. The Labute approximate surface area is 112 Å². The third-order valence-corrected chi connectivity index (χ3v) is 2.53. The third-order valence-electron chi connectivity index (χ3n) is 2.53. The molecule has 0 atom stereocenters. The van der Waals surface area contributed by atoms with Gasteiger partial charge in [0.2, 0.25) is 0 Å². The van der Waals surface area contributed by atoms with Crippen LogP contribution in [0.5, 0.6) is 0 Å².